The number of nitrogens with zero attached hydrogens (tertiary/aromatic N) is 1. The van der Waals surface area contributed by atoms with Gasteiger partial charge >= 0.3 is 0 Å². The van der Waals surface area contributed by atoms with Crippen molar-refractivity contribution in [3.63, 3.8) is 0 Å². The molecule has 1 fully saturated rings. The summed E-state index contributed by atoms with van der Waals surface area (Å²) in [6.07, 6.45) is 6.07. The average Bonchev–Trinajstić information content (AvgIpc) is 3.20. The minimum atomic E-state index is -0.382. The van der Waals surface area contributed by atoms with Gasteiger partial charge in [-0.05, 0) is 92.1 Å². The van der Waals surface area contributed by atoms with Crippen LogP contribution in [0, 0.1) is 5.82 Å². The van der Waals surface area contributed by atoms with Gasteiger partial charge in [-0.2, -0.15) is 0 Å². The van der Waals surface area contributed by atoms with Gasteiger partial charge in [-0.3, -0.25) is 4.79 Å². The number of amides is 1. The number of H-pyrrole nitrogens is 1. The normalized spacial score (nSPS) is 23.9. The third-order valence-corrected chi connectivity index (χ3v) is 7.27. The Morgan fingerprint density at radius 2 is 2.12 bits per heavy atom. The number of rotatable bonds is 5. The Bertz CT molecular complexity index is 1140. The Morgan fingerprint density at radius 3 is 2.94 bits per heavy atom. The highest BCUT2D eigenvalue weighted by atomic mass is 19.1. The topological polar surface area (TPSA) is 71.3 Å². The van der Waals surface area contributed by atoms with Crippen molar-refractivity contribution >= 4 is 16.8 Å². The monoisotopic (exact) mass is 435 g/mol. The van der Waals surface area contributed by atoms with Crippen LogP contribution in [0.3, 0.4) is 0 Å². The van der Waals surface area contributed by atoms with Gasteiger partial charge in [-0.1, -0.05) is 6.07 Å². The molecule has 32 heavy (non-hydrogen) atoms. The molecule has 0 spiro atoms. The summed E-state index contributed by atoms with van der Waals surface area (Å²) in [5, 5.41) is 1.14. The van der Waals surface area contributed by atoms with E-state index in [1.54, 1.807) is 12.1 Å². The van der Waals surface area contributed by atoms with Gasteiger partial charge < -0.3 is 20.4 Å². The van der Waals surface area contributed by atoms with E-state index in [0.29, 0.717) is 24.1 Å². The molecule has 168 valence electrons. The number of likely N-dealkylation sites (tertiary alicyclic amines) is 1. The van der Waals surface area contributed by atoms with E-state index in [9.17, 15) is 9.18 Å². The number of nitrogens with one attached hydrogen (secondary N) is 1. The summed E-state index contributed by atoms with van der Waals surface area (Å²) < 4.78 is 19.6. The Morgan fingerprint density at radius 1 is 1.25 bits per heavy atom. The first-order valence-electron chi connectivity index (χ1n) is 11.5. The Balaban J connectivity index is 1.22. The van der Waals surface area contributed by atoms with Gasteiger partial charge in [0.2, 0.25) is 5.91 Å². The molecule has 3 N–H and O–H groups in total. The fourth-order valence-electron chi connectivity index (χ4n) is 5.51. The van der Waals surface area contributed by atoms with E-state index < -0.39 is 0 Å². The van der Waals surface area contributed by atoms with Crippen molar-refractivity contribution in [2.45, 2.75) is 50.7 Å². The second kappa shape index (κ2) is 8.68. The third kappa shape index (κ3) is 4.05. The maximum atomic E-state index is 13.5. The van der Waals surface area contributed by atoms with E-state index in [-0.39, 0.29) is 17.8 Å². The maximum Gasteiger partial charge on any atom is 0.248 e. The van der Waals surface area contributed by atoms with Gasteiger partial charge in [0.1, 0.15) is 5.82 Å². The fraction of sp³-hybridized carbons (Fsp3) is 0.423. The van der Waals surface area contributed by atoms with Crippen molar-refractivity contribution in [2.24, 2.45) is 5.73 Å². The van der Waals surface area contributed by atoms with E-state index in [1.165, 1.54) is 16.7 Å². The molecule has 3 atom stereocenters. The molecular formula is C26H30FN3O2. The predicted octanol–water partition coefficient (Wildman–Crippen LogP) is 4.68. The number of benzene rings is 2. The van der Waals surface area contributed by atoms with Gasteiger partial charge in [0.15, 0.2) is 0 Å². The van der Waals surface area contributed by atoms with Crippen LogP contribution in [0.25, 0.3) is 10.9 Å². The van der Waals surface area contributed by atoms with Gasteiger partial charge in [0.25, 0.3) is 0 Å². The first kappa shape index (κ1) is 21.2. The number of primary amides is 1. The third-order valence-electron chi connectivity index (χ3n) is 7.27. The first-order chi connectivity index (χ1) is 15.5. The lowest BCUT2D eigenvalue weighted by molar-refractivity contribution is 0.0226. The van der Waals surface area contributed by atoms with Crippen molar-refractivity contribution in [1.29, 1.82) is 0 Å². The quantitative estimate of drug-likeness (QED) is 0.611. The standard InChI is InChI=1S/C26H30FN3O2/c1-16-12-17(23-15-29-24-14-20(27)3-5-22(23)24)6-9-30(16)10-7-25-21-4-2-19(26(28)31)13-18(21)8-11-32-25/h2-5,13-17,25,29H,6-12H2,1H3,(H2,28,31)/t16-,17?,25?/m0/s1. The van der Waals surface area contributed by atoms with E-state index in [0.717, 1.165) is 49.7 Å². The summed E-state index contributed by atoms with van der Waals surface area (Å²) in [6, 6.07) is 11.2. The van der Waals surface area contributed by atoms with Crippen LogP contribution in [-0.2, 0) is 11.2 Å². The highest BCUT2D eigenvalue weighted by molar-refractivity contribution is 5.93. The number of hydrogen-bond acceptors (Lipinski definition) is 3. The number of carbonyl (C=O) groups is 1. The van der Waals surface area contributed by atoms with Gasteiger partial charge in [-0.25, -0.2) is 4.39 Å². The smallest absolute Gasteiger partial charge is 0.248 e. The molecule has 1 amide bonds. The molecule has 5 nitrogen and oxygen atoms in total. The number of aromatic amines is 1. The highest BCUT2D eigenvalue weighted by Crippen LogP contribution is 2.37. The van der Waals surface area contributed by atoms with Crippen molar-refractivity contribution in [2.75, 3.05) is 19.7 Å². The second-order valence-corrected chi connectivity index (χ2v) is 9.22. The van der Waals surface area contributed by atoms with Gasteiger partial charge in [0.05, 0.1) is 12.7 Å². The van der Waals surface area contributed by atoms with Gasteiger partial charge in [0, 0.05) is 35.2 Å². The largest absolute Gasteiger partial charge is 0.373 e. The lowest BCUT2D eigenvalue weighted by Crippen LogP contribution is -2.41. The van der Waals surface area contributed by atoms with Crippen molar-refractivity contribution in [3.05, 3.63) is 70.7 Å². The minimum absolute atomic E-state index is 0.0640. The number of nitrogens with two attached hydrogens (primary N) is 1. The predicted molar refractivity (Wildman–Crippen MR) is 123 cm³/mol. The molecule has 1 aromatic heterocycles. The molecule has 2 unspecified atom stereocenters. The second-order valence-electron chi connectivity index (χ2n) is 9.22. The molecule has 3 aromatic rings. The molecule has 1 saturated heterocycles. The molecule has 3 heterocycles. The van der Waals surface area contributed by atoms with Crippen LogP contribution < -0.4 is 5.73 Å². The Labute approximate surface area is 187 Å². The Hall–Kier alpha value is -2.70. The Kier molecular flexibility index (Phi) is 5.74. The molecular weight excluding hydrogens is 405 g/mol. The zero-order valence-corrected chi connectivity index (χ0v) is 18.4. The van der Waals surface area contributed by atoms with Crippen LogP contribution in [0.4, 0.5) is 4.39 Å². The van der Waals surface area contributed by atoms with Crippen LogP contribution in [0.2, 0.25) is 0 Å². The van der Waals surface area contributed by atoms with E-state index in [4.69, 9.17) is 10.5 Å². The number of hydrogen-bond donors (Lipinski definition) is 2. The van der Waals surface area contributed by atoms with E-state index in [2.05, 4.69) is 23.0 Å². The lowest BCUT2D eigenvalue weighted by Gasteiger charge is -2.39. The van der Waals surface area contributed by atoms with Crippen LogP contribution >= 0.6 is 0 Å². The first-order valence-corrected chi connectivity index (χ1v) is 11.5. The SMILES string of the molecule is C[C@H]1CC(c2c[nH]c3cc(F)ccc23)CCN1CCC1OCCc2cc(C(N)=O)ccc21. The number of fused-ring (bicyclic) bond motifs is 2. The van der Waals surface area contributed by atoms with Crippen molar-refractivity contribution in [1.82, 2.24) is 9.88 Å². The zero-order chi connectivity index (χ0) is 22.2. The van der Waals surface area contributed by atoms with Crippen molar-refractivity contribution < 1.29 is 13.9 Å². The molecule has 0 saturated carbocycles. The summed E-state index contributed by atoms with van der Waals surface area (Å²) in [7, 11) is 0. The summed E-state index contributed by atoms with van der Waals surface area (Å²) in [6.45, 7) is 5.00. The molecule has 6 heteroatoms. The van der Waals surface area contributed by atoms with Gasteiger partial charge in [-0.15, -0.1) is 0 Å². The molecule has 0 radical (unpaired) electrons. The van der Waals surface area contributed by atoms with Crippen LogP contribution in [-0.4, -0.2) is 41.5 Å². The molecule has 5 rings (SSSR count). The van der Waals surface area contributed by atoms with E-state index in [1.807, 2.05) is 24.3 Å². The summed E-state index contributed by atoms with van der Waals surface area (Å²) in [5.74, 6) is -0.0985. The van der Waals surface area contributed by atoms with Crippen LogP contribution in [0.1, 0.15) is 65.3 Å². The summed E-state index contributed by atoms with van der Waals surface area (Å²) in [4.78, 5) is 17.3. The zero-order valence-electron chi connectivity index (χ0n) is 18.4. The average molecular weight is 436 g/mol. The molecule has 0 bridgehead atoms. The fourth-order valence-corrected chi connectivity index (χ4v) is 5.51. The number of halogens is 1. The van der Waals surface area contributed by atoms with Crippen molar-refractivity contribution in [3.8, 4) is 0 Å². The minimum Gasteiger partial charge on any atom is -0.373 e. The highest BCUT2D eigenvalue weighted by Gasteiger charge is 2.29. The lowest BCUT2D eigenvalue weighted by atomic mass is 9.85. The van der Waals surface area contributed by atoms with E-state index >= 15 is 0 Å². The number of aromatic nitrogens is 1. The molecule has 2 aliphatic rings. The van der Waals surface area contributed by atoms with Crippen LogP contribution in [0.15, 0.2) is 42.6 Å². The number of piperidine rings is 1. The molecule has 2 aromatic carbocycles. The maximum absolute atomic E-state index is 13.5. The van der Waals surface area contributed by atoms with Crippen LogP contribution in [0.5, 0.6) is 0 Å². The number of carbonyl (C=O) groups excluding carboxylic acids is 1. The summed E-state index contributed by atoms with van der Waals surface area (Å²) in [5.41, 5.74) is 10.6. The molecule has 0 aliphatic carbocycles. The number of ether oxygens (including phenoxy) is 1. The molecule has 2 aliphatic heterocycles. The summed E-state index contributed by atoms with van der Waals surface area (Å²) >= 11 is 0.